The molecule has 0 aliphatic carbocycles. The molecular formula is C30H29F4N7O2. The Morgan fingerprint density at radius 3 is 2.60 bits per heavy atom. The molecule has 43 heavy (non-hydrogen) atoms. The van der Waals surface area contributed by atoms with Crippen molar-refractivity contribution in [1.82, 2.24) is 19.9 Å². The zero-order chi connectivity index (χ0) is 30.7. The third kappa shape index (κ3) is 6.67. The molecule has 1 aliphatic rings. The number of pyridine rings is 1. The van der Waals surface area contributed by atoms with Crippen LogP contribution in [0.2, 0.25) is 0 Å². The van der Waals surface area contributed by atoms with E-state index in [-0.39, 0.29) is 23.4 Å². The Labute approximate surface area is 245 Å². The Kier molecular flexibility index (Phi) is 8.44. The van der Waals surface area contributed by atoms with Gasteiger partial charge in [0.25, 0.3) is 5.91 Å². The number of aromatic nitrogens is 3. The van der Waals surface area contributed by atoms with Crippen molar-refractivity contribution in [3.63, 3.8) is 0 Å². The van der Waals surface area contributed by atoms with Crippen LogP contribution in [0.15, 0.2) is 67.0 Å². The first kappa shape index (κ1) is 29.7. The van der Waals surface area contributed by atoms with Crippen molar-refractivity contribution in [2.45, 2.75) is 18.6 Å². The SMILES string of the molecule is CNc1nccc(-c2cccnc2Oc2ccc(F)c(C(=O)Nc3cc(C(F)(F)F)ccc3N3CC[C@@H](N(C)C)C3)c2)n1. The molecule has 0 saturated carbocycles. The molecule has 0 bridgehead atoms. The van der Waals surface area contributed by atoms with Crippen LogP contribution >= 0.6 is 0 Å². The number of hydrogen-bond donors (Lipinski definition) is 2. The van der Waals surface area contributed by atoms with E-state index in [9.17, 15) is 22.4 Å². The Balaban J connectivity index is 1.44. The number of ether oxygens (including phenoxy) is 1. The first-order valence-electron chi connectivity index (χ1n) is 13.4. The highest BCUT2D eigenvalue weighted by atomic mass is 19.4. The molecule has 0 radical (unpaired) electrons. The molecule has 2 N–H and O–H groups in total. The summed E-state index contributed by atoms with van der Waals surface area (Å²) in [6, 6.07) is 12.0. The normalized spacial score (nSPS) is 15.1. The van der Waals surface area contributed by atoms with Crippen LogP contribution in [0.5, 0.6) is 11.6 Å². The summed E-state index contributed by atoms with van der Waals surface area (Å²) >= 11 is 0. The molecule has 224 valence electrons. The highest BCUT2D eigenvalue weighted by Crippen LogP contribution is 2.37. The topological polar surface area (TPSA) is 95.5 Å². The second kappa shape index (κ2) is 12.2. The van der Waals surface area contributed by atoms with Gasteiger partial charge in [0.05, 0.1) is 33.8 Å². The van der Waals surface area contributed by atoms with E-state index in [1.165, 1.54) is 24.4 Å². The zero-order valence-electron chi connectivity index (χ0n) is 23.6. The van der Waals surface area contributed by atoms with E-state index in [4.69, 9.17) is 4.74 Å². The van der Waals surface area contributed by atoms with Gasteiger partial charge in [0, 0.05) is 38.6 Å². The lowest BCUT2D eigenvalue weighted by Crippen LogP contribution is -2.31. The highest BCUT2D eigenvalue weighted by molar-refractivity contribution is 6.06. The van der Waals surface area contributed by atoms with Crippen molar-refractivity contribution in [3.05, 3.63) is 83.9 Å². The summed E-state index contributed by atoms with van der Waals surface area (Å²) in [5.41, 5.74) is 0.0419. The minimum Gasteiger partial charge on any atom is -0.438 e. The fraction of sp³-hybridized carbons (Fsp3) is 0.267. The molecule has 1 fully saturated rings. The predicted molar refractivity (Wildman–Crippen MR) is 155 cm³/mol. The molecule has 0 unspecified atom stereocenters. The number of halogens is 4. The van der Waals surface area contributed by atoms with Gasteiger partial charge in [0.2, 0.25) is 11.8 Å². The largest absolute Gasteiger partial charge is 0.438 e. The van der Waals surface area contributed by atoms with Crippen LogP contribution in [0, 0.1) is 5.82 Å². The molecule has 2 aromatic carbocycles. The van der Waals surface area contributed by atoms with Crippen molar-refractivity contribution in [2.75, 3.05) is 49.8 Å². The van der Waals surface area contributed by atoms with Crippen molar-refractivity contribution in [3.8, 4) is 22.9 Å². The molecule has 0 spiro atoms. The number of benzene rings is 2. The van der Waals surface area contributed by atoms with Crippen molar-refractivity contribution in [1.29, 1.82) is 0 Å². The average molecular weight is 596 g/mol. The van der Waals surface area contributed by atoms with Gasteiger partial charge in [-0.25, -0.2) is 19.3 Å². The average Bonchev–Trinajstić information content (AvgIpc) is 3.48. The Morgan fingerprint density at radius 1 is 1.07 bits per heavy atom. The summed E-state index contributed by atoms with van der Waals surface area (Å²) in [6.07, 6.45) is -0.761. The van der Waals surface area contributed by atoms with Crippen molar-refractivity contribution < 1.29 is 27.1 Å². The molecule has 9 nitrogen and oxygen atoms in total. The molecule has 1 atom stereocenters. The number of nitrogens with one attached hydrogen (secondary N) is 2. The lowest BCUT2D eigenvalue weighted by molar-refractivity contribution is -0.137. The van der Waals surface area contributed by atoms with E-state index < -0.39 is 29.0 Å². The summed E-state index contributed by atoms with van der Waals surface area (Å²) in [5.74, 6) is -1.18. The van der Waals surface area contributed by atoms with Crippen molar-refractivity contribution >= 4 is 23.2 Å². The fourth-order valence-corrected chi connectivity index (χ4v) is 4.81. The smallest absolute Gasteiger partial charge is 0.416 e. The van der Waals surface area contributed by atoms with Gasteiger partial charge < -0.3 is 25.2 Å². The molecule has 2 aromatic heterocycles. The summed E-state index contributed by atoms with van der Waals surface area (Å²) in [6.45, 7) is 1.15. The van der Waals surface area contributed by atoms with E-state index in [1.54, 1.807) is 31.4 Å². The second-order valence-electron chi connectivity index (χ2n) is 10.2. The summed E-state index contributed by atoms with van der Waals surface area (Å²) < 4.78 is 61.7. The van der Waals surface area contributed by atoms with Crippen molar-refractivity contribution in [2.24, 2.45) is 0 Å². The summed E-state index contributed by atoms with van der Waals surface area (Å²) in [5, 5.41) is 5.37. The van der Waals surface area contributed by atoms with Crippen LogP contribution < -0.4 is 20.3 Å². The molecule has 5 rings (SSSR count). The van der Waals surface area contributed by atoms with Gasteiger partial charge in [-0.3, -0.25) is 4.79 Å². The maximum Gasteiger partial charge on any atom is 0.416 e. The Hall–Kier alpha value is -4.78. The van der Waals surface area contributed by atoms with Gasteiger partial charge >= 0.3 is 6.18 Å². The number of anilines is 3. The lowest BCUT2D eigenvalue weighted by Gasteiger charge is -2.25. The van der Waals surface area contributed by atoms with Gasteiger partial charge in [0.1, 0.15) is 11.6 Å². The monoisotopic (exact) mass is 595 g/mol. The minimum absolute atomic E-state index is 0.0685. The van der Waals surface area contributed by atoms with Gasteiger partial charge in [-0.2, -0.15) is 13.2 Å². The number of carbonyl (C=O) groups is 1. The van der Waals surface area contributed by atoms with Gasteiger partial charge in [0.15, 0.2) is 0 Å². The number of amides is 1. The molecule has 13 heteroatoms. The quantitative estimate of drug-likeness (QED) is 0.243. The van der Waals surface area contributed by atoms with Crippen LogP contribution in [0.4, 0.5) is 34.9 Å². The lowest BCUT2D eigenvalue weighted by atomic mass is 10.1. The molecule has 4 aromatic rings. The number of carbonyl (C=O) groups excluding carboxylic acids is 1. The highest BCUT2D eigenvalue weighted by Gasteiger charge is 2.33. The third-order valence-corrected chi connectivity index (χ3v) is 7.13. The van der Waals surface area contributed by atoms with Gasteiger partial charge in [-0.05, 0) is 75.1 Å². The van der Waals surface area contributed by atoms with Crippen LogP contribution in [-0.4, -0.2) is 66.0 Å². The maximum atomic E-state index is 14.9. The Morgan fingerprint density at radius 2 is 1.88 bits per heavy atom. The van der Waals surface area contributed by atoms with E-state index >= 15 is 0 Å². The van der Waals surface area contributed by atoms with E-state index in [1.807, 2.05) is 23.9 Å². The molecule has 1 aliphatic heterocycles. The zero-order valence-corrected chi connectivity index (χ0v) is 23.6. The number of likely N-dealkylation sites (N-methyl/N-ethyl adjacent to an activating group) is 1. The first-order valence-corrected chi connectivity index (χ1v) is 13.4. The van der Waals surface area contributed by atoms with Gasteiger partial charge in [-0.15, -0.1) is 0 Å². The fourth-order valence-electron chi connectivity index (χ4n) is 4.81. The van der Waals surface area contributed by atoms with E-state index in [0.717, 1.165) is 24.6 Å². The van der Waals surface area contributed by atoms with Crippen LogP contribution in [0.1, 0.15) is 22.3 Å². The van der Waals surface area contributed by atoms with Crippen LogP contribution in [0.3, 0.4) is 0 Å². The van der Waals surface area contributed by atoms with E-state index in [0.29, 0.717) is 36.0 Å². The number of nitrogens with zero attached hydrogens (tertiary/aromatic N) is 5. The Bertz CT molecular complexity index is 1630. The second-order valence-corrected chi connectivity index (χ2v) is 10.2. The summed E-state index contributed by atoms with van der Waals surface area (Å²) in [7, 11) is 5.55. The number of alkyl halides is 3. The maximum absolute atomic E-state index is 14.9. The minimum atomic E-state index is -4.63. The molecule has 1 amide bonds. The molecular weight excluding hydrogens is 566 g/mol. The summed E-state index contributed by atoms with van der Waals surface area (Å²) in [4.78, 5) is 30.1. The molecule has 3 heterocycles. The molecule has 1 saturated heterocycles. The number of hydrogen-bond acceptors (Lipinski definition) is 8. The predicted octanol–water partition coefficient (Wildman–Crippen LogP) is 5.92. The first-order chi connectivity index (χ1) is 20.5. The van der Waals surface area contributed by atoms with Gasteiger partial charge in [-0.1, -0.05) is 0 Å². The number of rotatable bonds is 8. The van der Waals surface area contributed by atoms with Crippen LogP contribution in [0.25, 0.3) is 11.3 Å². The third-order valence-electron chi connectivity index (χ3n) is 7.13. The standard InChI is InChI=1S/C30H29F4N7O2/c1-35-29-37-13-10-24(39-29)21-5-4-12-36-28(21)43-20-7-8-23(31)22(16-20)27(42)38-25-15-18(30(32,33)34)6-9-26(25)41-14-11-19(17-41)40(2)3/h4-10,12-13,15-16,19H,11,14,17H2,1-3H3,(H,38,42)(H,35,37,39)/t19-/m1/s1. The van der Waals surface area contributed by atoms with Crippen LogP contribution in [-0.2, 0) is 6.18 Å². The van der Waals surface area contributed by atoms with E-state index in [2.05, 4.69) is 25.6 Å².